The van der Waals surface area contributed by atoms with Crippen LogP contribution >= 0.6 is 12.2 Å². The maximum absolute atomic E-state index is 5.61. The van der Waals surface area contributed by atoms with Crippen molar-refractivity contribution in [2.75, 3.05) is 25.6 Å². The highest BCUT2D eigenvalue weighted by molar-refractivity contribution is 7.80. The fourth-order valence-electron chi connectivity index (χ4n) is 1.57. The molecule has 0 radical (unpaired) electrons. The van der Waals surface area contributed by atoms with Crippen molar-refractivity contribution in [3.8, 4) is 11.6 Å². The molecule has 110 valence electrons. The Kier molecular flexibility index (Phi) is 5.93. The monoisotopic (exact) mass is 303 g/mol. The van der Waals surface area contributed by atoms with E-state index in [9.17, 15) is 0 Å². The van der Waals surface area contributed by atoms with Gasteiger partial charge in [-0.05, 0) is 30.4 Å². The summed E-state index contributed by atoms with van der Waals surface area (Å²) in [5.74, 6) is 1.28. The van der Waals surface area contributed by atoms with Gasteiger partial charge in [0.05, 0.1) is 18.5 Å². The van der Waals surface area contributed by atoms with Crippen molar-refractivity contribution in [1.29, 1.82) is 0 Å². The summed E-state index contributed by atoms with van der Waals surface area (Å²) in [6.07, 6.45) is 1.67. The number of thiocarbonyl (C=S) groups is 1. The van der Waals surface area contributed by atoms with E-state index in [4.69, 9.17) is 21.7 Å². The van der Waals surface area contributed by atoms with Gasteiger partial charge in [0.1, 0.15) is 5.75 Å². The fourth-order valence-corrected chi connectivity index (χ4v) is 1.79. The number of aromatic nitrogens is 1. The highest BCUT2D eigenvalue weighted by Gasteiger charge is 2.00. The van der Waals surface area contributed by atoms with E-state index in [-0.39, 0.29) is 0 Å². The van der Waals surface area contributed by atoms with Gasteiger partial charge in [-0.3, -0.25) is 0 Å². The Morgan fingerprint density at radius 3 is 2.67 bits per heavy atom. The zero-order valence-electron chi connectivity index (χ0n) is 11.7. The van der Waals surface area contributed by atoms with E-state index < -0.39 is 0 Å². The number of hydrogen-bond acceptors (Lipinski definition) is 4. The zero-order chi connectivity index (χ0) is 14.9. The molecule has 5 nitrogen and oxygen atoms in total. The number of rotatable bonds is 6. The molecule has 0 atom stereocenters. The summed E-state index contributed by atoms with van der Waals surface area (Å²) >= 11 is 5.15. The summed E-state index contributed by atoms with van der Waals surface area (Å²) in [5.41, 5.74) is 0.797. The third kappa shape index (κ3) is 5.37. The molecule has 2 rings (SSSR count). The van der Waals surface area contributed by atoms with E-state index in [0.29, 0.717) is 24.1 Å². The van der Waals surface area contributed by atoms with Crippen molar-refractivity contribution >= 4 is 23.0 Å². The second kappa shape index (κ2) is 8.18. The predicted molar refractivity (Wildman–Crippen MR) is 86.9 cm³/mol. The lowest BCUT2D eigenvalue weighted by Gasteiger charge is -2.10. The first kappa shape index (κ1) is 15.2. The first-order valence-corrected chi connectivity index (χ1v) is 6.91. The molecule has 1 heterocycles. The fraction of sp³-hybridized carbons (Fsp3) is 0.200. The number of anilines is 1. The molecule has 6 heteroatoms. The topological polar surface area (TPSA) is 55.4 Å². The molecule has 0 aliphatic rings. The first-order valence-electron chi connectivity index (χ1n) is 6.50. The van der Waals surface area contributed by atoms with E-state index in [2.05, 4.69) is 15.6 Å². The minimum atomic E-state index is 0.532. The zero-order valence-corrected chi connectivity index (χ0v) is 12.5. The number of para-hydroxylation sites is 1. The van der Waals surface area contributed by atoms with E-state index in [1.165, 1.54) is 0 Å². The van der Waals surface area contributed by atoms with Gasteiger partial charge in [0.2, 0.25) is 5.88 Å². The molecule has 0 aliphatic carbocycles. The van der Waals surface area contributed by atoms with Crippen LogP contribution in [0.3, 0.4) is 0 Å². The molecular weight excluding hydrogens is 286 g/mol. The van der Waals surface area contributed by atoms with Crippen LogP contribution in [0.4, 0.5) is 5.69 Å². The molecule has 0 bridgehead atoms. The average Bonchev–Trinajstić information content (AvgIpc) is 2.51. The van der Waals surface area contributed by atoms with Gasteiger partial charge in [0.15, 0.2) is 5.11 Å². The van der Waals surface area contributed by atoms with Crippen molar-refractivity contribution < 1.29 is 9.47 Å². The normalized spacial score (nSPS) is 9.95. The number of pyridine rings is 1. The summed E-state index contributed by atoms with van der Waals surface area (Å²) in [4.78, 5) is 4.23. The lowest BCUT2D eigenvalue weighted by atomic mass is 10.3. The lowest BCUT2D eigenvalue weighted by molar-refractivity contribution is 0.204. The molecule has 0 aliphatic heterocycles. The van der Waals surface area contributed by atoms with Crippen LogP contribution in [0.2, 0.25) is 0 Å². The number of hydrogen-bond donors (Lipinski definition) is 2. The van der Waals surface area contributed by atoms with E-state index in [1.807, 2.05) is 36.4 Å². The average molecular weight is 303 g/mol. The van der Waals surface area contributed by atoms with Crippen molar-refractivity contribution in [1.82, 2.24) is 10.3 Å². The first-order chi connectivity index (χ1) is 10.3. The van der Waals surface area contributed by atoms with Crippen LogP contribution in [0.15, 0.2) is 48.7 Å². The highest BCUT2D eigenvalue weighted by atomic mass is 32.1. The molecule has 0 spiro atoms. The number of nitrogens with zero attached hydrogens (tertiary/aromatic N) is 1. The van der Waals surface area contributed by atoms with Crippen LogP contribution in [-0.4, -0.2) is 30.4 Å². The molecule has 0 unspecified atom stereocenters. The standard InChI is InChI=1S/C15H17N3O2S/c1-19-10-9-16-15(21)18-12-7-8-14(17-11-12)20-13-5-3-2-4-6-13/h2-8,11H,9-10H2,1H3,(H2,16,18,21). The Labute approximate surface area is 129 Å². The van der Waals surface area contributed by atoms with Gasteiger partial charge in [-0.2, -0.15) is 0 Å². The Bertz CT molecular complexity index is 561. The third-order valence-corrected chi connectivity index (χ3v) is 2.80. The Balaban J connectivity index is 1.85. The summed E-state index contributed by atoms with van der Waals surface area (Å²) in [6, 6.07) is 13.2. The highest BCUT2D eigenvalue weighted by Crippen LogP contribution is 2.19. The van der Waals surface area contributed by atoms with Gasteiger partial charge < -0.3 is 20.1 Å². The molecule has 21 heavy (non-hydrogen) atoms. The smallest absolute Gasteiger partial charge is 0.219 e. The van der Waals surface area contributed by atoms with Crippen LogP contribution in [0, 0.1) is 0 Å². The molecular formula is C15H17N3O2S. The minimum absolute atomic E-state index is 0.532. The summed E-state index contributed by atoms with van der Waals surface area (Å²) in [7, 11) is 1.65. The quantitative estimate of drug-likeness (QED) is 0.632. The van der Waals surface area contributed by atoms with Crippen LogP contribution in [0.25, 0.3) is 0 Å². The van der Waals surface area contributed by atoms with Crippen molar-refractivity contribution in [3.63, 3.8) is 0 Å². The number of benzene rings is 1. The Morgan fingerprint density at radius 1 is 1.19 bits per heavy atom. The van der Waals surface area contributed by atoms with Gasteiger partial charge in [0, 0.05) is 19.7 Å². The Morgan fingerprint density at radius 2 is 2.00 bits per heavy atom. The molecule has 0 saturated carbocycles. The van der Waals surface area contributed by atoms with Crippen LogP contribution < -0.4 is 15.4 Å². The summed E-state index contributed by atoms with van der Waals surface area (Å²) in [6.45, 7) is 1.26. The second-order valence-electron chi connectivity index (χ2n) is 4.17. The van der Waals surface area contributed by atoms with E-state index >= 15 is 0 Å². The molecule has 2 aromatic rings. The van der Waals surface area contributed by atoms with Crippen molar-refractivity contribution in [2.24, 2.45) is 0 Å². The van der Waals surface area contributed by atoms with Crippen LogP contribution in [-0.2, 0) is 4.74 Å². The minimum Gasteiger partial charge on any atom is -0.439 e. The Hall–Kier alpha value is -2.18. The van der Waals surface area contributed by atoms with Gasteiger partial charge in [-0.1, -0.05) is 18.2 Å². The van der Waals surface area contributed by atoms with Gasteiger partial charge in [-0.25, -0.2) is 4.98 Å². The van der Waals surface area contributed by atoms with Crippen molar-refractivity contribution in [2.45, 2.75) is 0 Å². The molecule has 1 aromatic heterocycles. The second-order valence-corrected chi connectivity index (χ2v) is 4.58. The van der Waals surface area contributed by atoms with Gasteiger partial charge >= 0.3 is 0 Å². The molecule has 0 fully saturated rings. The maximum Gasteiger partial charge on any atom is 0.219 e. The van der Waals surface area contributed by atoms with Crippen LogP contribution in [0.1, 0.15) is 0 Å². The number of nitrogens with one attached hydrogen (secondary N) is 2. The van der Waals surface area contributed by atoms with Crippen molar-refractivity contribution in [3.05, 3.63) is 48.7 Å². The molecule has 0 amide bonds. The van der Waals surface area contributed by atoms with Crippen LogP contribution in [0.5, 0.6) is 11.6 Å². The predicted octanol–water partition coefficient (Wildman–Crippen LogP) is 2.81. The van der Waals surface area contributed by atoms with Gasteiger partial charge in [-0.15, -0.1) is 0 Å². The lowest BCUT2D eigenvalue weighted by Crippen LogP contribution is -2.31. The SMILES string of the molecule is COCCNC(=S)Nc1ccc(Oc2ccccc2)nc1. The molecule has 2 N–H and O–H groups in total. The third-order valence-electron chi connectivity index (χ3n) is 2.55. The number of ether oxygens (including phenoxy) is 2. The maximum atomic E-state index is 5.61. The largest absolute Gasteiger partial charge is 0.439 e. The molecule has 0 saturated heterocycles. The van der Waals surface area contributed by atoms with Gasteiger partial charge in [0.25, 0.3) is 0 Å². The summed E-state index contributed by atoms with van der Waals surface area (Å²) < 4.78 is 10.5. The number of methoxy groups -OCH3 is 1. The summed E-state index contributed by atoms with van der Waals surface area (Å²) in [5, 5.41) is 6.59. The van der Waals surface area contributed by atoms with E-state index in [1.54, 1.807) is 19.4 Å². The van der Waals surface area contributed by atoms with E-state index in [0.717, 1.165) is 11.4 Å². The molecule has 1 aromatic carbocycles.